The first-order valence-corrected chi connectivity index (χ1v) is 7.78. The molecule has 1 heterocycles. The van der Waals surface area contributed by atoms with E-state index in [-0.39, 0.29) is 0 Å². The number of allylic oxidation sites excluding steroid dienone is 11. The maximum Gasteiger partial charge on any atom is 0.0462 e. The van der Waals surface area contributed by atoms with Crippen LogP contribution < -0.4 is 5.32 Å². The first-order valence-electron chi connectivity index (χ1n) is 7.78. The second-order valence-electron chi connectivity index (χ2n) is 6.41. The van der Waals surface area contributed by atoms with Gasteiger partial charge in [0.15, 0.2) is 0 Å². The molecule has 1 aliphatic heterocycles. The molecule has 0 amide bonds. The zero-order valence-electron chi connectivity index (χ0n) is 13.3. The zero-order chi connectivity index (χ0) is 15.0. The standard InChI is InChI=1S/C20H23N/c1-13(2)15-10-16-12-17(14(3)4)20(18(16)11-15)19-8-6-5-7-9-21-19/h5-14,21H,1-4H3. The molecule has 0 unspecified atom stereocenters. The summed E-state index contributed by atoms with van der Waals surface area (Å²) in [6.45, 7) is 9.05. The largest absolute Gasteiger partial charge is 0.361 e. The molecule has 0 spiro atoms. The van der Waals surface area contributed by atoms with Gasteiger partial charge >= 0.3 is 0 Å². The molecule has 0 bridgehead atoms. The summed E-state index contributed by atoms with van der Waals surface area (Å²) in [7, 11) is 0. The summed E-state index contributed by atoms with van der Waals surface area (Å²) in [6.07, 6.45) is 17.4. The van der Waals surface area contributed by atoms with Gasteiger partial charge in [0.1, 0.15) is 0 Å². The Hall–Kier alpha value is -2.02. The van der Waals surface area contributed by atoms with Gasteiger partial charge in [-0.05, 0) is 46.3 Å². The summed E-state index contributed by atoms with van der Waals surface area (Å²) < 4.78 is 0. The van der Waals surface area contributed by atoms with E-state index in [9.17, 15) is 0 Å². The summed E-state index contributed by atoms with van der Waals surface area (Å²) in [4.78, 5) is 0. The molecule has 3 aliphatic rings. The molecule has 0 aromatic carbocycles. The molecule has 0 saturated carbocycles. The van der Waals surface area contributed by atoms with E-state index >= 15 is 0 Å². The van der Waals surface area contributed by atoms with Crippen LogP contribution in [0.2, 0.25) is 0 Å². The molecule has 0 radical (unpaired) electrons. The third kappa shape index (κ3) is 2.49. The third-order valence-electron chi connectivity index (χ3n) is 4.19. The van der Waals surface area contributed by atoms with Crippen molar-refractivity contribution in [3.63, 3.8) is 0 Å². The van der Waals surface area contributed by atoms with Crippen molar-refractivity contribution in [3.05, 3.63) is 82.3 Å². The van der Waals surface area contributed by atoms with Crippen LogP contribution in [0, 0.1) is 11.8 Å². The third-order valence-corrected chi connectivity index (χ3v) is 4.19. The molecule has 0 atom stereocenters. The molecular formula is C20H23N. The van der Waals surface area contributed by atoms with Crippen LogP contribution in [0.4, 0.5) is 0 Å². The Bertz CT molecular complexity index is 671. The Morgan fingerprint density at radius 1 is 0.857 bits per heavy atom. The van der Waals surface area contributed by atoms with Crippen molar-refractivity contribution in [3.8, 4) is 0 Å². The summed E-state index contributed by atoms with van der Waals surface area (Å²) in [5, 5.41) is 3.43. The van der Waals surface area contributed by atoms with Crippen LogP contribution in [-0.2, 0) is 0 Å². The second kappa shape index (κ2) is 5.40. The van der Waals surface area contributed by atoms with Gasteiger partial charge in [-0.3, -0.25) is 0 Å². The number of hydrogen-bond donors (Lipinski definition) is 1. The van der Waals surface area contributed by atoms with Gasteiger partial charge in [0.2, 0.25) is 0 Å². The molecule has 1 nitrogen and oxygen atoms in total. The second-order valence-corrected chi connectivity index (χ2v) is 6.41. The number of fused-ring (bicyclic) bond motifs is 1. The van der Waals surface area contributed by atoms with Crippen molar-refractivity contribution in [1.82, 2.24) is 5.32 Å². The Morgan fingerprint density at radius 2 is 1.67 bits per heavy atom. The average molecular weight is 277 g/mol. The van der Waals surface area contributed by atoms with Gasteiger partial charge in [-0.1, -0.05) is 58.1 Å². The summed E-state index contributed by atoms with van der Waals surface area (Å²) >= 11 is 0. The lowest BCUT2D eigenvalue weighted by atomic mass is 9.93. The number of hydrogen-bond acceptors (Lipinski definition) is 1. The minimum atomic E-state index is 0.522. The van der Waals surface area contributed by atoms with Crippen molar-refractivity contribution < 1.29 is 0 Å². The molecule has 3 rings (SSSR count). The molecule has 21 heavy (non-hydrogen) atoms. The monoisotopic (exact) mass is 277 g/mol. The van der Waals surface area contributed by atoms with Gasteiger partial charge in [-0.15, -0.1) is 0 Å². The first-order chi connectivity index (χ1) is 10.1. The van der Waals surface area contributed by atoms with Gasteiger partial charge < -0.3 is 5.32 Å². The predicted molar refractivity (Wildman–Crippen MR) is 90.4 cm³/mol. The smallest absolute Gasteiger partial charge is 0.0462 e. The quantitative estimate of drug-likeness (QED) is 0.769. The van der Waals surface area contributed by atoms with Crippen LogP contribution in [0.15, 0.2) is 82.3 Å². The van der Waals surface area contributed by atoms with Gasteiger partial charge in [0.05, 0.1) is 0 Å². The molecular weight excluding hydrogens is 254 g/mol. The highest BCUT2D eigenvalue weighted by molar-refractivity contribution is 5.73. The lowest BCUT2D eigenvalue weighted by molar-refractivity contribution is 0.776. The lowest BCUT2D eigenvalue weighted by Gasteiger charge is -2.16. The van der Waals surface area contributed by atoms with Crippen LogP contribution in [0.25, 0.3) is 0 Å². The SMILES string of the molecule is CC(C)C1=CC2=C(C3=CC=CC=CN3)C(C(C)C)=CC2=C1. The van der Waals surface area contributed by atoms with E-state index in [1.165, 1.54) is 33.6 Å². The zero-order valence-corrected chi connectivity index (χ0v) is 13.3. The van der Waals surface area contributed by atoms with E-state index in [0.717, 1.165) is 0 Å². The molecule has 1 heteroatoms. The van der Waals surface area contributed by atoms with Crippen molar-refractivity contribution >= 4 is 0 Å². The maximum absolute atomic E-state index is 3.43. The molecule has 0 saturated heterocycles. The summed E-state index contributed by atoms with van der Waals surface area (Å²) in [6, 6.07) is 0. The highest BCUT2D eigenvalue weighted by Gasteiger charge is 2.28. The van der Waals surface area contributed by atoms with Crippen molar-refractivity contribution in [2.75, 3.05) is 0 Å². The molecule has 0 aromatic heterocycles. The number of nitrogens with one attached hydrogen (secondary N) is 1. The van der Waals surface area contributed by atoms with Crippen LogP contribution in [-0.4, -0.2) is 0 Å². The van der Waals surface area contributed by atoms with Crippen molar-refractivity contribution in [2.45, 2.75) is 27.7 Å². The van der Waals surface area contributed by atoms with Gasteiger partial charge in [-0.25, -0.2) is 0 Å². The summed E-state index contributed by atoms with van der Waals surface area (Å²) in [5.74, 6) is 1.09. The van der Waals surface area contributed by atoms with E-state index in [1.807, 2.05) is 12.3 Å². The van der Waals surface area contributed by atoms with E-state index in [2.05, 4.69) is 69.5 Å². The summed E-state index contributed by atoms with van der Waals surface area (Å²) in [5.41, 5.74) is 8.17. The molecule has 0 aromatic rings. The van der Waals surface area contributed by atoms with E-state index in [1.54, 1.807) is 0 Å². The normalized spacial score (nSPS) is 20.3. The number of rotatable bonds is 3. The molecule has 2 aliphatic carbocycles. The highest BCUT2D eigenvalue weighted by atomic mass is 14.9. The van der Waals surface area contributed by atoms with E-state index < -0.39 is 0 Å². The van der Waals surface area contributed by atoms with Gasteiger partial charge in [0, 0.05) is 17.5 Å². The van der Waals surface area contributed by atoms with Crippen LogP contribution >= 0.6 is 0 Å². The van der Waals surface area contributed by atoms with Crippen LogP contribution in [0.3, 0.4) is 0 Å². The molecule has 1 N–H and O–H groups in total. The predicted octanol–water partition coefficient (Wildman–Crippen LogP) is 4.96. The van der Waals surface area contributed by atoms with Crippen molar-refractivity contribution in [1.29, 1.82) is 0 Å². The Balaban J connectivity index is 2.11. The average Bonchev–Trinajstić information content (AvgIpc) is 2.87. The van der Waals surface area contributed by atoms with Crippen LogP contribution in [0.5, 0.6) is 0 Å². The minimum absolute atomic E-state index is 0.522. The fraction of sp³-hybridized carbons (Fsp3) is 0.300. The van der Waals surface area contributed by atoms with Gasteiger partial charge in [-0.2, -0.15) is 0 Å². The topological polar surface area (TPSA) is 12.0 Å². The Labute approximate surface area is 127 Å². The Kier molecular flexibility index (Phi) is 3.59. The minimum Gasteiger partial charge on any atom is -0.361 e. The Morgan fingerprint density at radius 3 is 2.38 bits per heavy atom. The van der Waals surface area contributed by atoms with E-state index in [0.29, 0.717) is 11.8 Å². The lowest BCUT2D eigenvalue weighted by Crippen LogP contribution is -2.11. The van der Waals surface area contributed by atoms with Gasteiger partial charge in [0.25, 0.3) is 0 Å². The first kappa shape index (κ1) is 13.9. The molecule has 108 valence electrons. The fourth-order valence-corrected chi connectivity index (χ4v) is 2.98. The van der Waals surface area contributed by atoms with Crippen LogP contribution in [0.1, 0.15) is 27.7 Å². The fourth-order valence-electron chi connectivity index (χ4n) is 2.98. The molecule has 0 fully saturated rings. The van der Waals surface area contributed by atoms with Crippen molar-refractivity contribution in [2.24, 2.45) is 11.8 Å². The van der Waals surface area contributed by atoms with E-state index in [4.69, 9.17) is 0 Å². The maximum atomic E-state index is 3.43. The highest BCUT2D eigenvalue weighted by Crippen LogP contribution is 2.43.